The monoisotopic (exact) mass is 337 g/mol. The fourth-order valence-electron chi connectivity index (χ4n) is 3.12. The third-order valence-electron chi connectivity index (χ3n) is 4.15. The van der Waals surface area contributed by atoms with E-state index in [1.807, 2.05) is 47.9 Å². The highest BCUT2D eigenvalue weighted by atomic mass is 16.5. The maximum atomic E-state index is 11.6. The highest BCUT2D eigenvalue weighted by molar-refractivity contribution is 6.04. The Hall–Kier alpha value is -2.75. The molecule has 0 bridgehead atoms. The summed E-state index contributed by atoms with van der Waals surface area (Å²) in [4.78, 5) is 11.6. The lowest BCUT2D eigenvalue weighted by Crippen LogP contribution is -2.03. The van der Waals surface area contributed by atoms with Gasteiger partial charge in [-0.05, 0) is 42.2 Å². The Morgan fingerprint density at radius 2 is 1.92 bits per heavy atom. The number of hydrogen-bond donors (Lipinski definition) is 1. The van der Waals surface area contributed by atoms with Gasteiger partial charge in [0.25, 0.3) is 0 Å². The molecule has 0 spiro atoms. The second-order valence-electron chi connectivity index (χ2n) is 6.59. The number of benzene rings is 2. The van der Waals surface area contributed by atoms with Gasteiger partial charge < -0.3 is 14.4 Å². The van der Waals surface area contributed by atoms with Gasteiger partial charge in [0.15, 0.2) is 0 Å². The van der Waals surface area contributed by atoms with E-state index in [-0.39, 0.29) is 0 Å². The molecular formula is C21H23NO3. The molecule has 1 heterocycles. The minimum atomic E-state index is -0.890. The Bertz CT molecular complexity index is 909. The summed E-state index contributed by atoms with van der Waals surface area (Å²) in [7, 11) is 0. The van der Waals surface area contributed by atoms with Crippen LogP contribution in [0.25, 0.3) is 22.0 Å². The fraction of sp³-hybridized carbons (Fsp3) is 0.286. The van der Waals surface area contributed by atoms with E-state index in [4.69, 9.17) is 4.74 Å². The predicted molar refractivity (Wildman–Crippen MR) is 100 cm³/mol. The van der Waals surface area contributed by atoms with Gasteiger partial charge in [0, 0.05) is 23.6 Å². The first kappa shape index (κ1) is 17.1. The van der Waals surface area contributed by atoms with Crippen LogP contribution in [0.2, 0.25) is 0 Å². The van der Waals surface area contributed by atoms with Crippen molar-refractivity contribution in [3.05, 3.63) is 54.2 Å². The smallest absolute Gasteiger partial charge is 0.337 e. The van der Waals surface area contributed by atoms with E-state index in [2.05, 4.69) is 19.9 Å². The van der Waals surface area contributed by atoms with Crippen LogP contribution in [0.4, 0.5) is 0 Å². The second-order valence-corrected chi connectivity index (χ2v) is 6.59. The van der Waals surface area contributed by atoms with Crippen LogP contribution >= 0.6 is 0 Å². The maximum Gasteiger partial charge on any atom is 0.337 e. The van der Waals surface area contributed by atoms with E-state index in [0.29, 0.717) is 18.1 Å². The van der Waals surface area contributed by atoms with Crippen molar-refractivity contribution < 1.29 is 14.6 Å². The summed E-state index contributed by atoms with van der Waals surface area (Å²) in [5.41, 5.74) is 3.41. The van der Waals surface area contributed by atoms with E-state index < -0.39 is 5.97 Å². The molecule has 3 aromatic rings. The van der Waals surface area contributed by atoms with Crippen molar-refractivity contribution in [3.63, 3.8) is 0 Å². The van der Waals surface area contributed by atoms with E-state index in [1.165, 1.54) is 0 Å². The van der Waals surface area contributed by atoms with Crippen LogP contribution in [-0.4, -0.2) is 22.2 Å². The molecule has 2 aromatic carbocycles. The molecule has 0 saturated carbocycles. The lowest BCUT2D eigenvalue weighted by atomic mass is 10.0. The number of nitrogens with zero attached hydrogens (tertiary/aromatic N) is 1. The molecule has 0 aliphatic rings. The SMILES string of the molecule is CCOc1cccc(-c2ccc3c(C(=O)O)cn(CC(C)C)c3c2)c1. The summed E-state index contributed by atoms with van der Waals surface area (Å²) in [6.45, 7) is 7.63. The standard InChI is InChI=1S/C21H23NO3/c1-4-25-17-7-5-6-15(10-17)16-8-9-18-19(21(23)24)13-22(12-14(2)3)20(18)11-16/h5-11,13-14H,4,12H2,1-3H3,(H,23,24). The number of hydrogen-bond acceptors (Lipinski definition) is 2. The van der Waals surface area contributed by atoms with Crippen LogP contribution < -0.4 is 4.74 Å². The third kappa shape index (κ3) is 3.53. The minimum Gasteiger partial charge on any atom is -0.494 e. The number of ether oxygens (including phenoxy) is 1. The number of rotatable bonds is 6. The van der Waals surface area contributed by atoms with Crippen molar-refractivity contribution in [2.75, 3.05) is 6.61 Å². The van der Waals surface area contributed by atoms with Gasteiger partial charge in [0.2, 0.25) is 0 Å². The van der Waals surface area contributed by atoms with Crippen molar-refractivity contribution in [3.8, 4) is 16.9 Å². The first-order chi connectivity index (χ1) is 12.0. The molecule has 0 amide bonds. The second kappa shape index (κ2) is 7.01. The summed E-state index contributed by atoms with van der Waals surface area (Å²) in [5, 5.41) is 10.3. The van der Waals surface area contributed by atoms with Crippen molar-refractivity contribution in [1.82, 2.24) is 4.57 Å². The molecule has 0 unspecified atom stereocenters. The van der Waals surface area contributed by atoms with Crippen LogP contribution in [0.15, 0.2) is 48.7 Å². The van der Waals surface area contributed by atoms with Crippen LogP contribution in [-0.2, 0) is 6.54 Å². The number of carbonyl (C=O) groups is 1. The molecule has 0 saturated heterocycles. The zero-order valence-corrected chi connectivity index (χ0v) is 14.8. The van der Waals surface area contributed by atoms with Gasteiger partial charge in [0.1, 0.15) is 5.75 Å². The van der Waals surface area contributed by atoms with E-state index in [9.17, 15) is 9.90 Å². The average molecular weight is 337 g/mol. The van der Waals surface area contributed by atoms with Crippen molar-refractivity contribution >= 4 is 16.9 Å². The van der Waals surface area contributed by atoms with Gasteiger partial charge in [-0.25, -0.2) is 4.79 Å². The molecule has 130 valence electrons. The van der Waals surface area contributed by atoms with E-state index in [1.54, 1.807) is 6.20 Å². The summed E-state index contributed by atoms with van der Waals surface area (Å²) < 4.78 is 7.63. The van der Waals surface area contributed by atoms with Gasteiger partial charge in [-0.1, -0.05) is 38.1 Å². The van der Waals surface area contributed by atoms with Gasteiger partial charge >= 0.3 is 5.97 Å². The van der Waals surface area contributed by atoms with Crippen LogP contribution in [0, 0.1) is 5.92 Å². The molecular weight excluding hydrogens is 314 g/mol. The molecule has 1 aromatic heterocycles. The Labute approximate surface area is 147 Å². The normalized spacial score (nSPS) is 11.2. The molecule has 0 radical (unpaired) electrons. The average Bonchev–Trinajstić information content (AvgIpc) is 2.93. The molecule has 0 aliphatic carbocycles. The highest BCUT2D eigenvalue weighted by Crippen LogP contribution is 2.30. The van der Waals surface area contributed by atoms with Gasteiger partial charge in [0.05, 0.1) is 12.2 Å². The molecule has 0 atom stereocenters. The molecule has 0 fully saturated rings. The Morgan fingerprint density at radius 1 is 1.16 bits per heavy atom. The van der Waals surface area contributed by atoms with Gasteiger partial charge in [-0.3, -0.25) is 0 Å². The molecule has 25 heavy (non-hydrogen) atoms. The van der Waals surface area contributed by atoms with Gasteiger partial charge in [-0.2, -0.15) is 0 Å². The third-order valence-corrected chi connectivity index (χ3v) is 4.15. The van der Waals surface area contributed by atoms with E-state index >= 15 is 0 Å². The molecule has 1 N–H and O–H groups in total. The van der Waals surface area contributed by atoms with Crippen LogP contribution in [0.1, 0.15) is 31.1 Å². The first-order valence-electron chi connectivity index (χ1n) is 8.59. The minimum absolute atomic E-state index is 0.352. The first-order valence-corrected chi connectivity index (χ1v) is 8.59. The van der Waals surface area contributed by atoms with Crippen LogP contribution in [0.3, 0.4) is 0 Å². The van der Waals surface area contributed by atoms with Crippen molar-refractivity contribution in [1.29, 1.82) is 0 Å². The van der Waals surface area contributed by atoms with Gasteiger partial charge in [-0.15, -0.1) is 0 Å². The number of fused-ring (bicyclic) bond motifs is 1. The number of aromatic nitrogens is 1. The number of carboxylic acid groups (broad SMARTS) is 1. The Balaban J connectivity index is 2.12. The van der Waals surface area contributed by atoms with Crippen LogP contribution in [0.5, 0.6) is 5.75 Å². The topological polar surface area (TPSA) is 51.5 Å². The summed E-state index contributed by atoms with van der Waals surface area (Å²) in [5.74, 6) is 0.379. The fourth-order valence-corrected chi connectivity index (χ4v) is 3.12. The van der Waals surface area contributed by atoms with Crippen molar-refractivity contribution in [2.45, 2.75) is 27.3 Å². The summed E-state index contributed by atoms with van der Waals surface area (Å²) in [6, 6.07) is 13.9. The largest absolute Gasteiger partial charge is 0.494 e. The quantitative estimate of drug-likeness (QED) is 0.684. The lowest BCUT2D eigenvalue weighted by Gasteiger charge is -2.10. The molecule has 3 rings (SSSR count). The zero-order chi connectivity index (χ0) is 18.0. The maximum absolute atomic E-state index is 11.6. The molecule has 4 heteroatoms. The predicted octanol–water partition coefficient (Wildman–Crippen LogP) is 5.06. The van der Waals surface area contributed by atoms with E-state index in [0.717, 1.165) is 34.3 Å². The summed E-state index contributed by atoms with van der Waals surface area (Å²) >= 11 is 0. The molecule has 0 aliphatic heterocycles. The zero-order valence-electron chi connectivity index (χ0n) is 14.8. The number of aromatic carboxylic acids is 1. The summed E-state index contributed by atoms with van der Waals surface area (Å²) in [6.07, 6.45) is 1.74. The number of carboxylic acids is 1. The Kier molecular flexibility index (Phi) is 4.79. The van der Waals surface area contributed by atoms with Crippen molar-refractivity contribution in [2.24, 2.45) is 5.92 Å². The lowest BCUT2D eigenvalue weighted by molar-refractivity contribution is 0.0698. The molecule has 4 nitrogen and oxygen atoms in total. The highest BCUT2D eigenvalue weighted by Gasteiger charge is 2.15. The Morgan fingerprint density at radius 3 is 2.60 bits per heavy atom.